The number of amides is 2. The third kappa shape index (κ3) is 7.98. The van der Waals surface area contributed by atoms with Gasteiger partial charge in [0, 0.05) is 50.7 Å². The first-order valence-corrected chi connectivity index (χ1v) is 17.5. The number of carbonyl (C=O) groups excluding carboxylic acids is 2. The predicted octanol–water partition coefficient (Wildman–Crippen LogP) is 4.19. The Hall–Kier alpha value is -3.60. The van der Waals surface area contributed by atoms with Crippen molar-refractivity contribution < 1.29 is 18.0 Å². The summed E-state index contributed by atoms with van der Waals surface area (Å²) in [6, 6.07) is 21.3. The Morgan fingerprint density at radius 2 is 1.64 bits per heavy atom. The van der Waals surface area contributed by atoms with E-state index in [0.717, 1.165) is 28.8 Å². The maximum atomic E-state index is 14.1. The van der Waals surface area contributed by atoms with E-state index in [-0.39, 0.29) is 17.7 Å². The number of benzene rings is 3. The lowest BCUT2D eigenvalue weighted by molar-refractivity contribution is -0.137. The largest absolute Gasteiger partial charge is 0.366 e. The van der Waals surface area contributed by atoms with Crippen molar-refractivity contribution in [3.05, 3.63) is 101 Å². The normalized spacial score (nSPS) is 17.5. The summed E-state index contributed by atoms with van der Waals surface area (Å²) in [6.07, 6.45) is 2.28. The van der Waals surface area contributed by atoms with Crippen molar-refractivity contribution in [3.8, 4) is 0 Å². The minimum atomic E-state index is -3.50. The van der Waals surface area contributed by atoms with E-state index in [9.17, 15) is 18.0 Å². The van der Waals surface area contributed by atoms with Gasteiger partial charge < -0.3 is 15.1 Å². The standard InChI is InChI=1S/C34H41ClN5O4S/c1-24(2)23-40(45(3,43)44)31-11-7-6-10-30(31)38-18-20-39(21-19-38)34(42)29(22-25-12-14-27(35)15-13-25)37-33(41)32-28-9-5-4-8-26(28)16-17-36-32/h4-15,17,24,29,32,36H,16,18-23H2,1-3H3,(H,37,41)/t29-,32?/m1/s1. The minimum absolute atomic E-state index is 0.144. The number of para-hydroxylation sites is 2. The summed E-state index contributed by atoms with van der Waals surface area (Å²) in [5.74, 6) is -0.272. The molecule has 0 saturated carbocycles. The molecule has 2 amide bonds. The Morgan fingerprint density at radius 1 is 0.978 bits per heavy atom. The summed E-state index contributed by atoms with van der Waals surface area (Å²) < 4.78 is 27.0. The molecule has 1 saturated heterocycles. The molecule has 11 heteroatoms. The van der Waals surface area contributed by atoms with E-state index in [1.807, 2.05) is 81.1 Å². The Morgan fingerprint density at radius 3 is 2.33 bits per heavy atom. The molecule has 0 aromatic heterocycles. The molecule has 3 aromatic carbocycles. The molecule has 45 heavy (non-hydrogen) atoms. The lowest BCUT2D eigenvalue weighted by atomic mass is 9.93. The first kappa shape index (κ1) is 32.8. The van der Waals surface area contributed by atoms with E-state index >= 15 is 0 Å². The molecule has 239 valence electrons. The molecule has 1 unspecified atom stereocenters. The maximum absolute atomic E-state index is 14.1. The van der Waals surface area contributed by atoms with Crippen LogP contribution >= 0.6 is 11.6 Å². The third-order valence-electron chi connectivity index (χ3n) is 8.22. The molecule has 3 aromatic rings. The smallest absolute Gasteiger partial charge is 0.245 e. The number of anilines is 2. The van der Waals surface area contributed by atoms with E-state index in [1.165, 1.54) is 10.6 Å². The summed E-state index contributed by atoms with van der Waals surface area (Å²) in [6.45, 7) is 8.15. The molecule has 0 aliphatic carbocycles. The Balaban J connectivity index is 1.33. The van der Waals surface area contributed by atoms with Crippen LogP contribution in [0.1, 0.15) is 36.6 Å². The van der Waals surface area contributed by atoms with Crippen molar-refractivity contribution in [2.24, 2.45) is 5.92 Å². The number of hydrogen-bond donors (Lipinski definition) is 2. The van der Waals surface area contributed by atoms with Crippen molar-refractivity contribution >= 4 is 44.8 Å². The molecule has 5 rings (SSSR count). The van der Waals surface area contributed by atoms with Crippen molar-refractivity contribution in [1.82, 2.24) is 15.5 Å². The molecule has 2 aliphatic heterocycles. The van der Waals surface area contributed by atoms with Gasteiger partial charge in [0.1, 0.15) is 12.1 Å². The van der Waals surface area contributed by atoms with Crippen LogP contribution in [-0.4, -0.2) is 70.2 Å². The van der Waals surface area contributed by atoms with Crippen molar-refractivity contribution in [2.45, 2.75) is 38.8 Å². The third-order valence-corrected chi connectivity index (χ3v) is 9.61. The predicted molar refractivity (Wildman–Crippen MR) is 180 cm³/mol. The first-order chi connectivity index (χ1) is 21.5. The number of rotatable bonds is 10. The van der Waals surface area contributed by atoms with Crippen LogP contribution in [0.2, 0.25) is 5.02 Å². The highest BCUT2D eigenvalue weighted by Crippen LogP contribution is 2.32. The van der Waals surface area contributed by atoms with Crippen molar-refractivity contribution in [3.63, 3.8) is 0 Å². The van der Waals surface area contributed by atoms with Crippen LogP contribution in [0.5, 0.6) is 0 Å². The number of nitrogens with zero attached hydrogens (tertiary/aromatic N) is 3. The number of halogens is 1. The fourth-order valence-corrected chi connectivity index (χ4v) is 7.19. The monoisotopic (exact) mass is 650 g/mol. The lowest BCUT2D eigenvalue weighted by Crippen LogP contribution is -2.57. The van der Waals surface area contributed by atoms with E-state index in [0.29, 0.717) is 49.9 Å². The highest BCUT2D eigenvalue weighted by Gasteiger charge is 2.33. The second-order valence-corrected chi connectivity index (χ2v) is 14.4. The summed E-state index contributed by atoms with van der Waals surface area (Å²) in [5.41, 5.74) is 4.33. The number of sulfonamides is 1. The second-order valence-electron chi connectivity index (χ2n) is 12.1. The van der Waals surface area contributed by atoms with Gasteiger partial charge in [0.05, 0.1) is 17.6 Å². The topological polar surface area (TPSA) is 102 Å². The van der Waals surface area contributed by atoms with E-state index in [2.05, 4.69) is 15.5 Å². The van der Waals surface area contributed by atoms with Crippen LogP contribution in [-0.2, 0) is 32.5 Å². The van der Waals surface area contributed by atoms with Crippen LogP contribution in [0.3, 0.4) is 0 Å². The Bertz CT molecular complexity index is 1610. The van der Waals surface area contributed by atoms with Gasteiger partial charge in [-0.2, -0.15) is 0 Å². The summed E-state index contributed by atoms with van der Waals surface area (Å²) in [7, 11) is -3.50. The van der Waals surface area contributed by atoms with Crippen molar-refractivity contribution in [1.29, 1.82) is 0 Å². The van der Waals surface area contributed by atoms with Crippen LogP contribution in [0.15, 0.2) is 72.8 Å². The number of hydrogen-bond acceptors (Lipinski definition) is 6. The number of fused-ring (bicyclic) bond motifs is 1. The number of piperazine rings is 1. The molecule has 1 radical (unpaired) electrons. The van der Waals surface area contributed by atoms with Crippen LogP contribution < -0.4 is 19.8 Å². The Kier molecular flexibility index (Phi) is 10.4. The van der Waals surface area contributed by atoms with Crippen LogP contribution in [0, 0.1) is 12.5 Å². The average Bonchev–Trinajstić information content (AvgIpc) is 3.03. The van der Waals surface area contributed by atoms with Crippen LogP contribution in [0.25, 0.3) is 0 Å². The zero-order chi connectivity index (χ0) is 32.1. The van der Waals surface area contributed by atoms with Crippen LogP contribution in [0.4, 0.5) is 11.4 Å². The van der Waals surface area contributed by atoms with Gasteiger partial charge >= 0.3 is 0 Å². The van der Waals surface area contributed by atoms with Gasteiger partial charge in [0.2, 0.25) is 21.8 Å². The molecule has 9 nitrogen and oxygen atoms in total. The van der Waals surface area contributed by atoms with Crippen molar-refractivity contribution in [2.75, 3.05) is 48.2 Å². The van der Waals surface area contributed by atoms with E-state index in [1.54, 1.807) is 17.0 Å². The fourth-order valence-electron chi connectivity index (χ4n) is 5.98. The summed E-state index contributed by atoms with van der Waals surface area (Å²) in [5, 5.41) is 6.86. The van der Waals surface area contributed by atoms with E-state index < -0.39 is 22.1 Å². The minimum Gasteiger partial charge on any atom is -0.366 e. The van der Waals surface area contributed by atoms with Gasteiger partial charge in [0.15, 0.2) is 0 Å². The maximum Gasteiger partial charge on any atom is 0.245 e. The first-order valence-electron chi connectivity index (χ1n) is 15.3. The summed E-state index contributed by atoms with van der Waals surface area (Å²) >= 11 is 6.11. The molecular formula is C34H41ClN5O4S. The molecule has 2 heterocycles. The zero-order valence-corrected chi connectivity index (χ0v) is 27.5. The zero-order valence-electron chi connectivity index (χ0n) is 25.9. The second kappa shape index (κ2) is 14.2. The number of nitrogens with one attached hydrogen (secondary N) is 2. The van der Waals surface area contributed by atoms with Gasteiger partial charge in [-0.1, -0.05) is 74.0 Å². The highest BCUT2D eigenvalue weighted by atomic mass is 35.5. The quantitative estimate of drug-likeness (QED) is 0.341. The molecule has 0 spiro atoms. The fraction of sp³-hybridized carbons (Fsp3) is 0.382. The summed E-state index contributed by atoms with van der Waals surface area (Å²) in [4.78, 5) is 31.6. The molecule has 1 fully saturated rings. The molecule has 2 N–H and O–H groups in total. The molecular weight excluding hydrogens is 610 g/mol. The molecule has 2 atom stereocenters. The SMILES string of the molecule is CC(C)CN(c1ccccc1N1CCN(C(=O)[C@@H](Cc2ccc(Cl)cc2)NC(=O)C2N[CH]Cc3ccccc32)CC1)S(C)(=O)=O. The molecule has 0 bridgehead atoms. The van der Waals surface area contributed by atoms with Gasteiger partial charge in [-0.3, -0.25) is 19.2 Å². The highest BCUT2D eigenvalue weighted by molar-refractivity contribution is 7.92. The average molecular weight is 651 g/mol. The Labute approximate surface area is 271 Å². The van der Waals surface area contributed by atoms with Gasteiger partial charge in [-0.25, -0.2) is 8.42 Å². The van der Waals surface area contributed by atoms with Gasteiger partial charge in [0.25, 0.3) is 0 Å². The number of carbonyl (C=O) groups is 2. The van der Waals surface area contributed by atoms with E-state index in [4.69, 9.17) is 11.6 Å². The van der Waals surface area contributed by atoms with Gasteiger partial charge in [-0.05, 0) is 53.3 Å². The molecule has 2 aliphatic rings. The lowest BCUT2D eigenvalue weighted by Gasteiger charge is -2.39. The van der Waals surface area contributed by atoms with Gasteiger partial charge in [-0.15, -0.1) is 0 Å².